The van der Waals surface area contributed by atoms with Gasteiger partial charge in [-0.15, -0.1) is 5.10 Å². The van der Waals surface area contributed by atoms with E-state index in [1.165, 1.54) is 0 Å². The van der Waals surface area contributed by atoms with Gasteiger partial charge in [0.05, 0.1) is 11.4 Å². The quantitative estimate of drug-likeness (QED) is 0.896. The van der Waals surface area contributed by atoms with E-state index in [2.05, 4.69) is 15.3 Å². The van der Waals surface area contributed by atoms with Crippen molar-refractivity contribution in [3.63, 3.8) is 0 Å². The standard InChI is InChI=1S/C13H18N4O3/c1-7(2)5-10-12(13(18)19)15-16-17(10)6-11-14-8(3)9(4)20-11/h7H,5-6H2,1-4H3,(H,18,19). The van der Waals surface area contributed by atoms with Gasteiger partial charge in [0.1, 0.15) is 12.3 Å². The number of carbonyl (C=O) groups is 1. The largest absolute Gasteiger partial charge is 0.476 e. The lowest BCUT2D eigenvalue weighted by Gasteiger charge is -2.07. The first-order valence-electron chi connectivity index (χ1n) is 6.47. The van der Waals surface area contributed by atoms with Crippen LogP contribution in [0.25, 0.3) is 0 Å². The third kappa shape index (κ3) is 2.87. The van der Waals surface area contributed by atoms with Crippen molar-refractivity contribution in [2.24, 2.45) is 5.92 Å². The molecule has 0 aromatic carbocycles. The highest BCUT2D eigenvalue weighted by molar-refractivity contribution is 5.86. The van der Waals surface area contributed by atoms with Crippen molar-refractivity contribution >= 4 is 5.97 Å². The van der Waals surface area contributed by atoms with Gasteiger partial charge < -0.3 is 9.52 Å². The molecule has 0 amide bonds. The fraction of sp³-hybridized carbons (Fsp3) is 0.538. The predicted octanol–water partition coefficient (Wildman–Crippen LogP) is 1.83. The van der Waals surface area contributed by atoms with Gasteiger partial charge in [0.15, 0.2) is 5.69 Å². The Bertz CT molecular complexity index is 608. The van der Waals surface area contributed by atoms with Gasteiger partial charge in [-0.05, 0) is 26.2 Å². The molecule has 7 heteroatoms. The second-order valence-corrected chi connectivity index (χ2v) is 5.19. The molecule has 0 aliphatic heterocycles. The summed E-state index contributed by atoms with van der Waals surface area (Å²) in [6.07, 6.45) is 0.591. The number of carboxylic acid groups (broad SMARTS) is 1. The van der Waals surface area contributed by atoms with Gasteiger partial charge >= 0.3 is 5.97 Å². The minimum atomic E-state index is -1.06. The average Bonchev–Trinajstić information content (AvgIpc) is 2.84. The Hall–Kier alpha value is -2.18. The molecular weight excluding hydrogens is 260 g/mol. The number of carboxylic acids is 1. The Balaban J connectivity index is 2.33. The lowest BCUT2D eigenvalue weighted by atomic mass is 10.1. The summed E-state index contributed by atoms with van der Waals surface area (Å²) in [5.74, 6) is 0.501. The Morgan fingerprint density at radius 2 is 2.10 bits per heavy atom. The molecule has 0 spiro atoms. The molecule has 2 heterocycles. The maximum Gasteiger partial charge on any atom is 0.358 e. The molecular formula is C13H18N4O3. The van der Waals surface area contributed by atoms with E-state index in [0.717, 1.165) is 11.5 Å². The van der Waals surface area contributed by atoms with Crippen molar-refractivity contribution in [3.05, 3.63) is 28.7 Å². The SMILES string of the molecule is Cc1nc(Cn2nnc(C(=O)O)c2CC(C)C)oc1C. The van der Waals surface area contributed by atoms with Crippen LogP contribution in [0, 0.1) is 19.8 Å². The second-order valence-electron chi connectivity index (χ2n) is 5.19. The van der Waals surface area contributed by atoms with Gasteiger partial charge in [0, 0.05) is 0 Å². The number of aromatic nitrogens is 4. The number of rotatable bonds is 5. The molecule has 0 saturated heterocycles. The zero-order valence-electron chi connectivity index (χ0n) is 12.0. The average molecular weight is 278 g/mol. The molecule has 0 aliphatic rings. The first-order valence-corrected chi connectivity index (χ1v) is 6.47. The van der Waals surface area contributed by atoms with Crippen LogP contribution in [0.3, 0.4) is 0 Å². The minimum absolute atomic E-state index is 0.00120. The van der Waals surface area contributed by atoms with Crippen LogP contribution in [0.4, 0.5) is 0 Å². The topological polar surface area (TPSA) is 94.0 Å². The van der Waals surface area contributed by atoms with Crippen molar-refractivity contribution in [2.75, 3.05) is 0 Å². The van der Waals surface area contributed by atoms with Crippen molar-refractivity contribution < 1.29 is 14.3 Å². The van der Waals surface area contributed by atoms with E-state index in [-0.39, 0.29) is 12.2 Å². The normalized spacial score (nSPS) is 11.2. The summed E-state index contributed by atoms with van der Waals surface area (Å²) >= 11 is 0. The number of aromatic carboxylic acids is 1. The van der Waals surface area contributed by atoms with Crippen LogP contribution in [0.5, 0.6) is 0 Å². The molecule has 0 aliphatic carbocycles. The zero-order valence-corrected chi connectivity index (χ0v) is 12.0. The van der Waals surface area contributed by atoms with E-state index < -0.39 is 5.97 Å². The maximum atomic E-state index is 11.2. The lowest BCUT2D eigenvalue weighted by molar-refractivity contribution is 0.0689. The summed E-state index contributed by atoms with van der Waals surface area (Å²) in [6.45, 7) is 8.02. The molecule has 20 heavy (non-hydrogen) atoms. The van der Waals surface area contributed by atoms with Gasteiger partial charge in [-0.2, -0.15) is 0 Å². The van der Waals surface area contributed by atoms with E-state index in [1.54, 1.807) is 4.68 Å². The third-order valence-electron chi connectivity index (χ3n) is 3.00. The van der Waals surface area contributed by atoms with E-state index in [0.29, 0.717) is 23.9 Å². The Morgan fingerprint density at radius 3 is 2.60 bits per heavy atom. The minimum Gasteiger partial charge on any atom is -0.476 e. The predicted molar refractivity (Wildman–Crippen MR) is 70.6 cm³/mol. The zero-order chi connectivity index (χ0) is 14.9. The fourth-order valence-corrected chi connectivity index (χ4v) is 1.95. The summed E-state index contributed by atoms with van der Waals surface area (Å²) < 4.78 is 7.05. The highest BCUT2D eigenvalue weighted by Crippen LogP contribution is 2.15. The second kappa shape index (κ2) is 5.44. The number of oxazole rings is 1. The molecule has 108 valence electrons. The number of hydrogen-bond acceptors (Lipinski definition) is 5. The Kier molecular flexibility index (Phi) is 3.87. The number of aryl methyl sites for hydroxylation is 2. The van der Waals surface area contributed by atoms with Crippen LogP contribution >= 0.6 is 0 Å². The van der Waals surface area contributed by atoms with Crippen molar-refractivity contribution in [1.29, 1.82) is 0 Å². The molecule has 1 N–H and O–H groups in total. The molecule has 0 fully saturated rings. The first kappa shape index (κ1) is 14.2. The smallest absolute Gasteiger partial charge is 0.358 e. The van der Waals surface area contributed by atoms with Crippen LogP contribution in [0.2, 0.25) is 0 Å². The van der Waals surface area contributed by atoms with E-state index >= 15 is 0 Å². The summed E-state index contributed by atoms with van der Waals surface area (Å²) in [5.41, 5.74) is 1.42. The van der Waals surface area contributed by atoms with Crippen molar-refractivity contribution in [1.82, 2.24) is 20.0 Å². The van der Waals surface area contributed by atoms with Crippen molar-refractivity contribution in [2.45, 2.75) is 40.7 Å². The molecule has 0 unspecified atom stereocenters. The Labute approximate surface area is 116 Å². The van der Waals surface area contributed by atoms with Gasteiger partial charge in [0.2, 0.25) is 5.89 Å². The van der Waals surface area contributed by atoms with Gasteiger partial charge in [0.25, 0.3) is 0 Å². The fourth-order valence-electron chi connectivity index (χ4n) is 1.95. The maximum absolute atomic E-state index is 11.2. The third-order valence-corrected chi connectivity index (χ3v) is 3.00. The van der Waals surface area contributed by atoms with E-state index in [9.17, 15) is 4.79 Å². The van der Waals surface area contributed by atoms with Crippen molar-refractivity contribution in [3.8, 4) is 0 Å². The molecule has 0 radical (unpaired) electrons. The lowest BCUT2D eigenvalue weighted by Crippen LogP contribution is -2.12. The summed E-state index contributed by atoms with van der Waals surface area (Å²) in [6, 6.07) is 0. The van der Waals surface area contributed by atoms with Crippen LogP contribution in [-0.2, 0) is 13.0 Å². The van der Waals surface area contributed by atoms with E-state index in [4.69, 9.17) is 9.52 Å². The van der Waals surface area contributed by atoms with Crippen LogP contribution < -0.4 is 0 Å². The van der Waals surface area contributed by atoms with Gasteiger partial charge in [-0.1, -0.05) is 19.1 Å². The summed E-state index contributed by atoms with van der Waals surface area (Å²) in [4.78, 5) is 15.4. The van der Waals surface area contributed by atoms with Crippen LogP contribution in [-0.4, -0.2) is 31.1 Å². The molecule has 0 atom stereocenters. The van der Waals surface area contributed by atoms with Gasteiger partial charge in [-0.3, -0.25) is 0 Å². The molecule has 2 rings (SSSR count). The molecule has 2 aromatic rings. The van der Waals surface area contributed by atoms with Crippen LogP contribution in [0.1, 0.15) is 47.4 Å². The van der Waals surface area contributed by atoms with Gasteiger partial charge in [-0.25, -0.2) is 14.5 Å². The molecule has 2 aromatic heterocycles. The Morgan fingerprint density at radius 1 is 1.40 bits per heavy atom. The summed E-state index contributed by atoms with van der Waals surface area (Å²) in [5, 5.41) is 16.8. The molecule has 0 bridgehead atoms. The molecule has 7 nitrogen and oxygen atoms in total. The summed E-state index contributed by atoms with van der Waals surface area (Å²) in [7, 11) is 0. The molecule has 0 saturated carbocycles. The van der Waals surface area contributed by atoms with E-state index in [1.807, 2.05) is 27.7 Å². The number of nitrogens with zero attached hydrogens (tertiary/aromatic N) is 4. The number of hydrogen-bond donors (Lipinski definition) is 1. The highest BCUT2D eigenvalue weighted by Gasteiger charge is 2.21. The van der Waals surface area contributed by atoms with Crippen LogP contribution in [0.15, 0.2) is 4.42 Å². The highest BCUT2D eigenvalue weighted by atomic mass is 16.4. The first-order chi connectivity index (χ1) is 9.38. The monoisotopic (exact) mass is 278 g/mol.